The van der Waals surface area contributed by atoms with E-state index in [1.54, 1.807) is 13.1 Å². The van der Waals surface area contributed by atoms with Crippen LogP contribution in [0.1, 0.15) is 5.56 Å². The molecule has 1 aliphatic heterocycles. The molecule has 10 heteroatoms. The molecule has 2 aromatic carbocycles. The number of hydrogen-bond donors (Lipinski definition) is 2. The van der Waals surface area contributed by atoms with Crippen LogP contribution in [0, 0.1) is 0 Å². The Balaban J connectivity index is 0.00000320. The first-order valence-electron chi connectivity index (χ1n) is 9.15. The number of para-hydroxylation sites is 1. The zero-order valence-electron chi connectivity index (χ0n) is 16.7. The zero-order valence-corrected chi connectivity index (χ0v) is 19.1. The van der Waals surface area contributed by atoms with Crippen molar-refractivity contribution in [3.8, 4) is 17.2 Å². The first-order valence-corrected chi connectivity index (χ1v) is 9.15. The third-order valence-corrected chi connectivity index (χ3v) is 4.38. The number of likely N-dealkylation sites (N-methyl/N-ethyl adjacent to an activating group) is 1. The van der Waals surface area contributed by atoms with Crippen LogP contribution in [0.2, 0.25) is 0 Å². The number of benzene rings is 2. The summed E-state index contributed by atoms with van der Waals surface area (Å²) in [5.74, 6) is 1.47. The Morgan fingerprint density at radius 3 is 2.53 bits per heavy atom. The summed E-state index contributed by atoms with van der Waals surface area (Å²) in [4.78, 5) is 6.28. The second-order valence-electron chi connectivity index (χ2n) is 6.30. The highest BCUT2D eigenvalue weighted by atomic mass is 127. The smallest absolute Gasteiger partial charge is 0.387 e. The lowest BCUT2D eigenvalue weighted by Gasteiger charge is -2.20. The highest BCUT2D eigenvalue weighted by Crippen LogP contribution is 2.38. The van der Waals surface area contributed by atoms with E-state index in [-0.39, 0.29) is 43.1 Å². The van der Waals surface area contributed by atoms with Gasteiger partial charge in [-0.25, -0.2) is 0 Å². The number of guanidine groups is 1. The predicted octanol–water partition coefficient (Wildman–Crippen LogP) is 3.44. The van der Waals surface area contributed by atoms with Gasteiger partial charge in [0.15, 0.2) is 17.5 Å². The summed E-state index contributed by atoms with van der Waals surface area (Å²) in [5.41, 5.74) is 1.63. The van der Waals surface area contributed by atoms with Gasteiger partial charge in [0.25, 0.3) is 0 Å². The number of halogens is 3. The lowest BCUT2D eigenvalue weighted by molar-refractivity contribution is -0.0505. The van der Waals surface area contributed by atoms with E-state index in [0.717, 1.165) is 12.2 Å². The molecule has 2 aromatic rings. The summed E-state index contributed by atoms with van der Waals surface area (Å²) < 4.78 is 40.7. The van der Waals surface area contributed by atoms with Gasteiger partial charge in [0.05, 0.1) is 0 Å². The van der Waals surface area contributed by atoms with Crippen LogP contribution in [-0.2, 0) is 6.54 Å². The van der Waals surface area contributed by atoms with Gasteiger partial charge < -0.3 is 29.7 Å². The molecule has 1 heterocycles. The molecule has 0 aliphatic carbocycles. The molecule has 0 radical (unpaired) electrons. The molecule has 0 fully saturated rings. The molecule has 30 heavy (non-hydrogen) atoms. The van der Waals surface area contributed by atoms with Gasteiger partial charge in [0, 0.05) is 51.0 Å². The number of alkyl halides is 2. The molecular weight excluding hydrogens is 509 g/mol. The lowest BCUT2D eigenvalue weighted by atomic mass is 10.1. The largest absolute Gasteiger partial charge is 0.454 e. The maximum absolute atomic E-state index is 12.7. The number of nitrogens with one attached hydrogen (secondary N) is 2. The van der Waals surface area contributed by atoms with Gasteiger partial charge in [-0.05, 0) is 18.2 Å². The van der Waals surface area contributed by atoms with Crippen LogP contribution in [0.4, 0.5) is 14.5 Å². The van der Waals surface area contributed by atoms with E-state index in [0.29, 0.717) is 29.6 Å². The van der Waals surface area contributed by atoms with Crippen LogP contribution >= 0.6 is 24.0 Å². The predicted molar refractivity (Wildman–Crippen MR) is 123 cm³/mol. The minimum absolute atomic E-state index is 0. The molecule has 0 amide bonds. The van der Waals surface area contributed by atoms with Crippen LogP contribution in [0.3, 0.4) is 0 Å². The summed E-state index contributed by atoms with van der Waals surface area (Å²) in [7, 11) is 3.65. The Morgan fingerprint density at radius 1 is 1.17 bits per heavy atom. The number of aliphatic imine (C=N–C) groups is 1. The standard InChI is InChI=1S/C20H24F2N4O3.HI/c1-23-20(24-8-9-26(2)15-6-4-3-5-7-15)25-12-14-10-17-18(28-13-27-17)11-16(14)29-19(21)22;/h3-7,10-11,19H,8-9,12-13H2,1-2H3,(H2,23,24,25);1H. The van der Waals surface area contributed by atoms with Crippen molar-refractivity contribution in [2.24, 2.45) is 4.99 Å². The van der Waals surface area contributed by atoms with Gasteiger partial charge >= 0.3 is 6.61 Å². The van der Waals surface area contributed by atoms with Crippen molar-refractivity contribution in [2.75, 3.05) is 38.9 Å². The van der Waals surface area contributed by atoms with E-state index in [9.17, 15) is 8.78 Å². The molecule has 0 bridgehead atoms. The fraction of sp³-hybridized carbons (Fsp3) is 0.350. The summed E-state index contributed by atoms with van der Waals surface area (Å²) in [5, 5.41) is 6.31. The van der Waals surface area contributed by atoms with E-state index in [1.165, 1.54) is 6.07 Å². The average molecular weight is 534 g/mol. The number of nitrogens with zero attached hydrogens (tertiary/aromatic N) is 2. The van der Waals surface area contributed by atoms with Gasteiger partial charge in [0.2, 0.25) is 6.79 Å². The fourth-order valence-corrected chi connectivity index (χ4v) is 2.86. The van der Waals surface area contributed by atoms with Crippen LogP contribution in [-0.4, -0.2) is 46.5 Å². The summed E-state index contributed by atoms with van der Waals surface area (Å²) >= 11 is 0. The second-order valence-corrected chi connectivity index (χ2v) is 6.30. The number of fused-ring (bicyclic) bond motifs is 1. The fourth-order valence-electron chi connectivity index (χ4n) is 2.86. The van der Waals surface area contributed by atoms with Crippen LogP contribution in [0.5, 0.6) is 17.2 Å². The van der Waals surface area contributed by atoms with Crippen molar-refractivity contribution in [3.05, 3.63) is 48.0 Å². The van der Waals surface area contributed by atoms with Crippen molar-refractivity contribution >= 4 is 35.6 Å². The molecule has 7 nitrogen and oxygen atoms in total. The van der Waals surface area contributed by atoms with Gasteiger partial charge in [-0.15, -0.1) is 24.0 Å². The van der Waals surface area contributed by atoms with Crippen molar-refractivity contribution < 1.29 is 23.0 Å². The number of anilines is 1. The monoisotopic (exact) mass is 534 g/mol. The number of ether oxygens (including phenoxy) is 3. The van der Waals surface area contributed by atoms with Crippen LogP contribution in [0.25, 0.3) is 0 Å². The molecule has 0 saturated carbocycles. The van der Waals surface area contributed by atoms with Crippen molar-refractivity contribution in [1.82, 2.24) is 10.6 Å². The molecule has 0 unspecified atom stereocenters. The molecule has 2 N–H and O–H groups in total. The molecule has 0 atom stereocenters. The van der Waals surface area contributed by atoms with Crippen molar-refractivity contribution in [2.45, 2.75) is 13.2 Å². The minimum atomic E-state index is -2.93. The van der Waals surface area contributed by atoms with E-state index in [4.69, 9.17) is 9.47 Å². The van der Waals surface area contributed by atoms with Gasteiger partial charge in [-0.1, -0.05) is 18.2 Å². The maximum Gasteiger partial charge on any atom is 0.387 e. The van der Waals surface area contributed by atoms with Gasteiger partial charge in [-0.2, -0.15) is 8.78 Å². The van der Waals surface area contributed by atoms with Crippen molar-refractivity contribution in [3.63, 3.8) is 0 Å². The molecular formula is C20H25F2IN4O3. The second kappa shape index (κ2) is 11.6. The van der Waals surface area contributed by atoms with E-state index >= 15 is 0 Å². The Hall–Kier alpha value is -2.50. The van der Waals surface area contributed by atoms with Gasteiger partial charge in [0.1, 0.15) is 5.75 Å². The Labute approximate surface area is 191 Å². The normalized spacial score (nSPS) is 12.4. The van der Waals surface area contributed by atoms with Gasteiger partial charge in [-0.3, -0.25) is 4.99 Å². The summed E-state index contributed by atoms with van der Waals surface area (Å²) in [6.07, 6.45) is 0. The first-order chi connectivity index (χ1) is 14.1. The molecule has 0 saturated heterocycles. The third kappa shape index (κ3) is 6.51. The van der Waals surface area contributed by atoms with Crippen LogP contribution in [0.15, 0.2) is 47.5 Å². The Kier molecular flexibility index (Phi) is 9.21. The minimum Gasteiger partial charge on any atom is -0.454 e. The average Bonchev–Trinajstić information content (AvgIpc) is 3.17. The number of hydrogen-bond acceptors (Lipinski definition) is 5. The molecule has 0 aromatic heterocycles. The maximum atomic E-state index is 12.7. The highest BCUT2D eigenvalue weighted by Gasteiger charge is 2.20. The summed E-state index contributed by atoms with van der Waals surface area (Å²) in [6.45, 7) is -1.24. The topological polar surface area (TPSA) is 67.4 Å². The number of rotatable bonds is 8. The molecule has 1 aliphatic rings. The first kappa shape index (κ1) is 23.8. The summed E-state index contributed by atoms with van der Waals surface area (Å²) in [6, 6.07) is 13.1. The molecule has 164 valence electrons. The Morgan fingerprint density at radius 2 is 1.87 bits per heavy atom. The highest BCUT2D eigenvalue weighted by molar-refractivity contribution is 14.0. The molecule has 3 rings (SSSR count). The SMILES string of the molecule is CN=C(NCCN(C)c1ccccc1)NCc1cc2c(cc1OC(F)F)OCO2.I. The third-order valence-electron chi connectivity index (χ3n) is 4.38. The van der Waals surface area contributed by atoms with E-state index in [1.807, 2.05) is 37.4 Å². The quantitative estimate of drug-likeness (QED) is 0.308. The Bertz CT molecular complexity index is 840. The molecule has 0 spiro atoms. The van der Waals surface area contributed by atoms with Crippen molar-refractivity contribution in [1.29, 1.82) is 0 Å². The van der Waals surface area contributed by atoms with E-state index < -0.39 is 6.61 Å². The van der Waals surface area contributed by atoms with Crippen LogP contribution < -0.4 is 29.7 Å². The van der Waals surface area contributed by atoms with E-state index in [2.05, 4.69) is 25.3 Å². The zero-order chi connectivity index (χ0) is 20.6. The lowest BCUT2D eigenvalue weighted by Crippen LogP contribution is -2.40.